The number of methoxy groups -OCH3 is 1. The topological polar surface area (TPSA) is 52.9 Å². The van der Waals surface area contributed by atoms with E-state index in [-0.39, 0.29) is 6.61 Å². The standard InChI is InChI=1S/C15H23NO3/c1-11(18)15-13(7-4-8-14(15)19-2)16(9-10-17)12-5-3-6-12/h4,7-8,11-12,17-18H,3,5-6,9-10H2,1-2H3/t11-/m0/s1. The van der Waals surface area contributed by atoms with Gasteiger partial charge in [0.15, 0.2) is 0 Å². The van der Waals surface area contributed by atoms with E-state index in [4.69, 9.17) is 4.74 Å². The zero-order valence-corrected chi connectivity index (χ0v) is 11.7. The first kappa shape index (κ1) is 14.2. The summed E-state index contributed by atoms with van der Waals surface area (Å²) >= 11 is 0. The first-order valence-corrected chi connectivity index (χ1v) is 6.91. The molecule has 1 aromatic carbocycles. The number of ether oxygens (including phenoxy) is 1. The molecule has 0 saturated heterocycles. The minimum atomic E-state index is -0.590. The third kappa shape index (κ3) is 2.85. The van der Waals surface area contributed by atoms with Gasteiger partial charge >= 0.3 is 0 Å². The molecule has 0 aliphatic heterocycles. The lowest BCUT2D eigenvalue weighted by molar-refractivity contribution is 0.194. The predicted octanol–water partition coefficient (Wildman–Crippen LogP) is 2.10. The van der Waals surface area contributed by atoms with E-state index in [9.17, 15) is 10.2 Å². The van der Waals surface area contributed by atoms with Crippen LogP contribution in [0.5, 0.6) is 5.75 Å². The Morgan fingerprint density at radius 1 is 1.42 bits per heavy atom. The SMILES string of the molecule is COc1cccc(N(CCO)C2CCC2)c1[C@H](C)O. The van der Waals surface area contributed by atoms with Crippen LogP contribution in [0.15, 0.2) is 18.2 Å². The Hall–Kier alpha value is -1.26. The average molecular weight is 265 g/mol. The van der Waals surface area contributed by atoms with Gasteiger partial charge in [0, 0.05) is 23.8 Å². The zero-order valence-electron chi connectivity index (χ0n) is 11.7. The maximum absolute atomic E-state index is 10.0. The molecular weight excluding hydrogens is 242 g/mol. The van der Waals surface area contributed by atoms with E-state index in [2.05, 4.69) is 4.90 Å². The average Bonchev–Trinajstić information content (AvgIpc) is 2.35. The van der Waals surface area contributed by atoms with Crippen molar-refractivity contribution in [3.8, 4) is 5.75 Å². The van der Waals surface area contributed by atoms with E-state index in [1.165, 1.54) is 6.42 Å². The van der Waals surface area contributed by atoms with Gasteiger partial charge in [0.25, 0.3) is 0 Å². The largest absolute Gasteiger partial charge is 0.496 e. The maximum atomic E-state index is 10.0. The minimum absolute atomic E-state index is 0.118. The summed E-state index contributed by atoms with van der Waals surface area (Å²) in [5.74, 6) is 0.703. The van der Waals surface area contributed by atoms with Gasteiger partial charge in [-0.25, -0.2) is 0 Å². The summed E-state index contributed by atoms with van der Waals surface area (Å²) in [4.78, 5) is 2.20. The Balaban J connectivity index is 2.39. The Morgan fingerprint density at radius 2 is 2.16 bits per heavy atom. The van der Waals surface area contributed by atoms with Gasteiger partial charge in [0.05, 0.1) is 19.8 Å². The van der Waals surface area contributed by atoms with E-state index in [1.54, 1.807) is 14.0 Å². The lowest BCUT2D eigenvalue weighted by atomic mass is 9.90. The quantitative estimate of drug-likeness (QED) is 0.827. The van der Waals surface area contributed by atoms with Gasteiger partial charge in [0.2, 0.25) is 0 Å². The van der Waals surface area contributed by atoms with Crippen molar-refractivity contribution in [2.24, 2.45) is 0 Å². The van der Waals surface area contributed by atoms with Gasteiger partial charge in [-0.1, -0.05) is 6.07 Å². The van der Waals surface area contributed by atoms with Crippen molar-refractivity contribution in [2.75, 3.05) is 25.2 Å². The van der Waals surface area contributed by atoms with Gasteiger partial charge in [-0.2, -0.15) is 0 Å². The third-order valence-electron chi connectivity index (χ3n) is 3.85. The van der Waals surface area contributed by atoms with Gasteiger partial charge < -0.3 is 19.8 Å². The summed E-state index contributed by atoms with van der Waals surface area (Å²) in [7, 11) is 1.62. The first-order valence-electron chi connectivity index (χ1n) is 6.91. The van der Waals surface area contributed by atoms with Crippen LogP contribution in [-0.4, -0.2) is 36.5 Å². The Morgan fingerprint density at radius 3 is 2.63 bits per heavy atom. The predicted molar refractivity (Wildman–Crippen MR) is 75.7 cm³/mol. The van der Waals surface area contributed by atoms with Crippen LogP contribution in [0.4, 0.5) is 5.69 Å². The molecule has 0 spiro atoms. The summed E-state index contributed by atoms with van der Waals surface area (Å²) in [5.41, 5.74) is 1.79. The van der Waals surface area contributed by atoms with E-state index >= 15 is 0 Å². The molecule has 0 aromatic heterocycles. The number of hydrogen-bond acceptors (Lipinski definition) is 4. The van der Waals surface area contributed by atoms with Crippen molar-refractivity contribution in [3.05, 3.63) is 23.8 Å². The molecule has 1 atom stereocenters. The molecule has 1 aromatic rings. The lowest BCUT2D eigenvalue weighted by Gasteiger charge is -2.40. The van der Waals surface area contributed by atoms with Crippen molar-refractivity contribution >= 4 is 5.69 Å². The molecule has 0 bridgehead atoms. The summed E-state index contributed by atoms with van der Waals surface area (Å²) < 4.78 is 5.36. The molecule has 2 rings (SSSR count). The number of aliphatic hydroxyl groups is 2. The van der Waals surface area contributed by atoms with Crippen molar-refractivity contribution in [2.45, 2.75) is 38.3 Å². The number of rotatable bonds is 6. The Labute approximate surface area is 114 Å². The van der Waals surface area contributed by atoms with E-state index in [1.807, 2.05) is 18.2 Å². The van der Waals surface area contributed by atoms with Crippen molar-refractivity contribution < 1.29 is 14.9 Å². The fraction of sp³-hybridized carbons (Fsp3) is 0.600. The maximum Gasteiger partial charge on any atom is 0.126 e. The van der Waals surface area contributed by atoms with Crippen LogP contribution < -0.4 is 9.64 Å². The smallest absolute Gasteiger partial charge is 0.126 e. The highest BCUT2D eigenvalue weighted by atomic mass is 16.5. The number of hydrogen-bond donors (Lipinski definition) is 2. The van der Waals surface area contributed by atoms with E-state index in [0.717, 1.165) is 24.1 Å². The van der Waals surface area contributed by atoms with Gasteiger partial charge in [-0.3, -0.25) is 0 Å². The Kier molecular flexibility index (Phi) is 4.66. The molecule has 1 aliphatic carbocycles. The van der Waals surface area contributed by atoms with Crippen molar-refractivity contribution in [3.63, 3.8) is 0 Å². The fourth-order valence-electron chi connectivity index (χ4n) is 2.69. The molecular formula is C15H23NO3. The second kappa shape index (κ2) is 6.26. The highest BCUT2D eigenvalue weighted by molar-refractivity contribution is 5.61. The number of benzene rings is 1. The molecule has 0 unspecified atom stereocenters. The monoisotopic (exact) mass is 265 g/mol. The van der Waals surface area contributed by atoms with Crippen LogP contribution in [0.1, 0.15) is 37.9 Å². The van der Waals surface area contributed by atoms with Gasteiger partial charge in [0.1, 0.15) is 5.75 Å². The van der Waals surface area contributed by atoms with Gasteiger partial charge in [-0.05, 0) is 38.3 Å². The second-order valence-corrected chi connectivity index (χ2v) is 5.07. The fourth-order valence-corrected chi connectivity index (χ4v) is 2.69. The first-order chi connectivity index (χ1) is 9.19. The van der Waals surface area contributed by atoms with Crippen LogP contribution in [0.2, 0.25) is 0 Å². The van der Waals surface area contributed by atoms with Crippen LogP contribution in [-0.2, 0) is 0 Å². The number of nitrogens with zero attached hydrogens (tertiary/aromatic N) is 1. The molecule has 0 amide bonds. The normalized spacial score (nSPS) is 16.8. The molecule has 0 heterocycles. The number of aliphatic hydroxyl groups excluding tert-OH is 2. The number of anilines is 1. The van der Waals surface area contributed by atoms with Crippen LogP contribution in [0.25, 0.3) is 0 Å². The summed E-state index contributed by atoms with van der Waals surface area (Å²) in [6.07, 6.45) is 2.94. The highest BCUT2D eigenvalue weighted by Crippen LogP contribution is 2.38. The van der Waals surface area contributed by atoms with Crippen molar-refractivity contribution in [1.29, 1.82) is 0 Å². The summed E-state index contributed by atoms with van der Waals surface area (Å²) in [6, 6.07) is 6.27. The van der Waals surface area contributed by atoms with E-state index in [0.29, 0.717) is 18.3 Å². The van der Waals surface area contributed by atoms with E-state index < -0.39 is 6.10 Å². The minimum Gasteiger partial charge on any atom is -0.496 e. The molecule has 1 saturated carbocycles. The third-order valence-corrected chi connectivity index (χ3v) is 3.85. The van der Waals surface area contributed by atoms with Crippen LogP contribution in [0, 0.1) is 0 Å². The highest BCUT2D eigenvalue weighted by Gasteiger charge is 2.28. The lowest BCUT2D eigenvalue weighted by Crippen LogP contribution is -2.42. The summed E-state index contributed by atoms with van der Waals surface area (Å²) in [6.45, 7) is 2.46. The van der Waals surface area contributed by atoms with Crippen LogP contribution in [0.3, 0.4) is 0 Å². The van der Waals surface area contributed by atoms with Crippen molar-refractivity contribution in [1.82, 2.24) is 0 Å². The summed E-state index contributed by atoms with van der Waals surface area (Å²) in [5, 5.41) is 19.3. The molecule has 4 heteroatoms. The zero-order chi connectivity index (χ0) is 13.8. The molecule has 1 aliphatic rings. The molecule has 2 N–H and O–H groups in total. The second-order valence-electron chi connectivity index (χ2n) is 5.07. The molecule has 106 valence electrons. The molecule has 19 heavy (non-hydrogen) atoms. The molecule has 1 fully saturated rings. The Bertz CT molecular complexity index is 416. The molecule has 0 radical (unpaired) electrons. The van der Waals surface area contributed by atoms with Crippen LogP contribution >= 0.6 is 0 Å². The molecule has 4 nitrogen and oxygen atoms in total. The van der Waals surface area contributed by atoms with Gasteiger partial charge in [-0.15, -0.1) is 0 Å².